The van der Waals surface area contributed by atoms with Crippen LogP contribution in [0.2, 0.25) is 10.0 Å². The minimum absolute atomic E-state index is 0.299. The largest absolute Gasteiger partial charge is 0.340 e. The minimum Gasteiger partial charge on any atom is -0.340 e. The highest BCUT2D eigenvalue weighted by Crippen LogP contribution is 2.28. The number of thiophene rings is 1. The van der Waals surface area contributed by atoms with Crippen LogP contribution in [0.15, 0.2) is 60.0 Å². The van der Waals surface area contributed by atoms with Crippen LogP contribution in [-0.2, 0) is 0 Å². The summed E-state index contributed by atoms with van der Waals surface area (Å²) in [5.41, 5.74) is 1.08. The third-order valence-corrected chi connectivity index (χ3v) is 4.98. The van der Waals surface area contributed by atoms with E-state index in [0.29, 0.717) is 15.6 Å². The molecule has 1 amide bonds. The van der Waals surface area contributed by atoms with E-state index in [1.807, 2.05) is 17.5 Å². The number of carbonyl (C=O) groups excluding carboxylic acids is 1. The molecule has 6 heteroatoms. The molecule has 0 saturated heterocycles. The highest BCUT2D eigenvalue weighted by Gasteiger charge is 2.20. The van der Waals surface area contributed by atoms with E-state index in [1.165, 1.54) is 29.5 Å². The Balaban J connectivity index is 1.93. The van der Waals surface area contributed by atoms with Crippen molar-refractivity contribution in [3.05, 3.63) is 91.8 Å². The molecule has 0 spiro atoms. The zero-order valence-electron chi connectivity index (χ0n) is 12.3. The lowest BCUT2D eigenvalue weighted by atomic mass is 10.0. The number of hydrogen-bond acceptors (Lipinski definition) is 2. The third-order valence-electron chi connectivity index (χ3n) is 3.48. The van der Waals surface area contributed by atoms with Crippen molar-refractivity contribution in [3.63, 3.8) is 0 Å². The summed E-state index contributed by atoms with van der Waals surface area (Å²) in [4.78, 5) is 13.6. The minimum atomic E-state index is -0.395. The molecule has 1 N–H and O–H groups in total. The summed E-state index contributed by atoms with van der Waals surface area (Å²) in [5.74, 6) is -0.668. The van der Waals surface area contributed by atoms with Crippen LogP contribution in [0.5, 0.6) is 0 Å². The highest BCUT2D eigenvalue weighted by atomic mass is 35.5. The van der Waals surface area contributed by atoms with E-state index in [2.05, 4.69) is 5.32 Å². The van der Waals surface area contributed by atoms with Crippen LogP contribution in [0.3, 0.4) is 0 Å². The SMILES string of the molecule is O=C(NC(c1ccc(F)cc1)c1cccs1)c1cc(Cl)ccc1Cl. The van der Waals surface area contributed by atoms with Crippen molar-refractivity contribution < 1.29 is 9.18 Å². The smallest absolute Gasteiger partial charge is 0.253 e. The molecule has 0 fully saturated rings. The number of benzene rings is 2. The summed E-state index contributed by atoms with van der Waals surface area (Å²) < 4.78 is 13.2. The van der Waals surface area contributed by atoms with Gasteiger partial charge in [0.15, 0.2) is 0 Å². The molecule has 0 saturated carbocycles. The van der Waals surface area contributed by atoms with Gasteiger partial charge in [-0.15, -0.1) is 11.3 Å². The molecular weight excluding hydrogens is 368 g/mol. The van der Waals surface area contributed by atoms with Gasteiger partial charge in [0.2, 0.25) is 0 Å². The lowest BCUT2D eigenvalue weighted by Crippen LogP contribution is -2.29. The monoisotopic (exact) mass is 379 g/mol. The van der Waals surface area contributed by atoms with Crippen LogP contribution < -0.4 is 5.32 Å². The van der Waals surface area contributed by atoms with E-state index in [1.54, 1.807) is 24.3 Å². The fraction of sp³-hybridized carbons (Fsp3) is 0.0556. The molecule has 2 nitrogen and oxygen atoms in total. The molecule has 122 valence electrons. The van der Waals surface area contributed by atoms with Crippen molar-refractivity contribution in [3.8, 4) is 0 Å². The van der Waals surface area contributed by atoms with Gasteiger partial charge in [-0.25, -0.2) is 4.39 Å². The molecule has 0 radical (unpaired) electrons. The molecular formula is C18H12Cl2FNOS. The lowest BCUT2D eigenvalue weighted by molar-refractivity contribution is 0.0943. The van der Waals surface area contributed by atoms with Crippen molar-refractivity contribution in [2.24, 2.45) is 0 Å². The van der Waals surface area contributed by atoms with Crippen molar-refractivity contribution >= 4 is 40.4 Å². The number of rotatable bonds is 4. The van der Waals surface area contributed by atoms with E-state index in [9.17, 15) is 9.18 Å². The Hall–Kier alpha value is -1.88. The lowest BCUT2D eigenvalue weighted by Gasteiger charge is -2.18. The van der Waals surface area contributed by atoms with Crippen LogP contribution in [0, 0.1) is 5.82 Å². The van der Waals surface area contributed by atoms with Gasteiger partial charge in [0, 0.05) is 9.90 Å². The summed E-state index contributed by atoms with van der Waals surface area (Å²) in [6.07, 6.45) is 0. The first-order chi connectivity index (χ1) is 11.5. The first-order valence-electron chi connectivity index (χ1n) is 7.09. The zero-order chi connectivity index (χ0) is 17.1. The molecule has 0 aliphatic rings. The van der Waals surface area contributed by atoms with E-state index < -0.39 is 6.04 Å². The Morgan fingerprint density at radius 1 is 1.08 bits per heavy atom. The molecule has 1 heterocycles. The number of nitrogens with one attached hydrogen (secondary N) is 1. The number of carbonyl (C=O) groups is 1. The molecule has 0 aliphatic carbocycles. The molecule has 1 aromatic heterocycles. The van der Waals surface area contributed by atoms with E-state index in [0.717, 1.165) is 10.4 Å². The average Bonchev–Trinajstić information content (AvgIpc) is 3.10. The second-order valence-corrected chi connectivity index (χ2v) is 6.92. The Morgan fingerprint density at radius 3 is 2.50 bits per heavy atom. The Labute approximate surface area is 152 Å². The summed E-state index contributed by atoms with van der Waals surface area (Å²) in [5, 5.41) is 5.62. The van der Waals surface area contributed by atoms with Gasteiger partial charge in [0.1, 0.15) is 5.82 Å². The standard InChI is InChI=1S/C18H12Cl2FNOS/c19-12-5-8-15(20)14(10-12)18(23)22-17(16-2-1-9-24-16)11-3-6-13(21)7-4-11/h1-10,17H,(H,22,23). The summed E-state index contributed by atoms with van der Waals surface area (Å²) in [6, 6.07) is 14.2. The Morgan fingerprint density at radius 2 is 1.83 bits per heavy atom. The van der Waals surface area contributed by atoms with E-state index in [-0.39, 0.29) is 11.7 Å². The van der Waals surface area contributed by atoms with Gasteiger partial charge < -0.3 is 5.32 Å². The quantitative estimate of drug-likeness (QED) is 0.617. The van der Waals surface area contributed by atoms with E-state index in [4.69, 9.17) is 23.2 Å². The summed E-state index contributed by atoms with van der Waals surface area (Å²) in [6.45, 7) is 0. The molecule has 3 aromatic rings. The van der Waals surface area contributed by atoms with Crippen LogP contribution in [0.4, 0.5) is 4.39 Å². The topological polar surface area (TPSA) is 29.1 Å². The van der Waals surface area contributed by atoms with E-state index >= 15 is 0 Å². The fourth-order valence-corrected chi connectivity index (χ4v) is 3.49. The summed E-state index contributed by atoms with van der Waals surface area (Å²) in [7, 11) is 0. The van der Waals surface area contributed by atoms with Crippen LogP contribution in [0.1, 0.15) is 26.8 Å². The first-order valence-corrected chi connectivity index (χ1v) is 8.73. The molecule has 3 rings (SSSR count). The predicted octanol–water partition coefficient (Wildman–Crippen LogP) is 5.71. The molecule has 24 heavy (non-hydrogen) atoms. The normalized spacial score (nSPS) is 12.0. The molecule has 1 atom stereocenters. The van der Waals surface area contributed by atoms with Gasteiger partial charge in [-0.3, -0.25) is 4.79 Å². The van der Waals surface area contributed by atoms with Crippen molar-refractivity contribution in [2.75, 3.05) is 0 Å². The number of amides is 1. The Bertz CT molecular complexity index is 850. The second-order valence-electron chi connectivity index (χ2n) is 5.10. The molecule has 0 bridgehead atoms. The van der Waals surface area contributed by atoms with Gasteiger partial charge in [0.25, 0.3) is 5.91 Å². The molecule has 1 unspecified atom stereocenters. The van der Waals surface area contributed by atoms with Gasteiger partial charge in [-0.05, 0) is 47.3 Å². The van der Waals surface area contributed by atoms with Crippen LogP contribution in [-0.4, -0.2) is 5.91 Å². The third kappa shape index (κ3) is 3.78. The molecule has 2 aromatic carbocycles. The first kappa shape index (κ1) is 17.0. The van der Waals surface area contributed by atoms with Gasteiger partial charge in [-0.1, -0.05) is 41.4 Å². The zero-order valence-corrected chi connectivity index (χ0v) is 14.6. The van der Waals surface area contributed by atoms with Crippen molar-refractivity contribution in [1.29, 1.82) is 0 Å². The van der Waals surface area contributed by atoms with Crippen molar-refractivity contribution in [2.45, 2.75) is 6.04 Å². The average molecular weight is 380 g/mol. The highest BCUT2D eigenvalue weighted by molar-refractivity contribution is 7.10. The maximum absolute atomic E-state index is 13.2. The molecule has 0 aliphatic heterocycles. The van der Waals surface area contributed by atoms with Gasteiger partial charge in [-0.2, -0.15) is 0 Å². The second kappa shape index (κ2) is 7.34. The maximum Gasteiger partial charge on any atom is 0.253 e. The maximum atomic E-state index is 13.2. The van der Waals surface area contributed by atoms with Crippen molar-refractivity contribution in [1.82, 2.24) is 5.32 Å². The Kier molecular flexibility index (Phi) is 5.19. The number of halogens is 3. The van der Waals surface area contributed by atoms with Crippen LogP contribution in [0.25, 0.3) is 0 Å². The van der Waals surface area contributed by atoms with Crippen LogP contribution >= 0.6 is 34.5 Å². The van der Waals surface area contributed by atoms with Gasteiger partial charge in [0.05, 0.1) is 16.6 Å². The fourth-order valence-electron chi connectivity index (χ4n) is 2.31. The number of hydrogen-bond donors (Lipinski definition) is 1. The predicted molar refractivity (Wildman–Crippen MR) is 96.5 cm³/mol. The summed E-state index contributed by atoms with van der Waals surface area (Å²) >= 11 is 13.6. The van der Waals surface area contributed by atoms with Gasteiger partial charge >= 0.3 is 0 Å².